The molecule has 1 saturated heterocycles. The molecule has 0 spiro atoms. The number of carbonyl (C=O) groups excluding carboxylic acids is 2. The second kappa shape index (κ2) is 5.03. The highest BCUT2D eigenvalue weighted by atomic mass is 16.6. The van der Waals surface area contributed by atoms with Gasteiger partial charge in [-0.25, -0.2) is 0 Å². The Morgan fingerprint density at radius 2 is 2.05 bits per heavy atom. The van der Waals surface area contributed by atoms with Crippen molar-refractivity contribution in [3.8, 4) is 11.5 Å². The number of ether oxygens (including phenoxy) is 2. The molecule has 1 atom stereocenters. The summed E-state index contributed by atoms with van der Waals surface area (Å²) in [6, 6.07) is 4.66. The van der Waals surface area contributed by atoms with E-state index in [-0.39, 0.29) is 11.8 Å². The summed E-state index contributed by atoms with van der Waals surface area (Å²) in [6.07, 6.45) is 0. The highest BCUT2D eigenvalue weighted by Crippen LogP contribution is 2.31. The quantitative estimate of drug-likeness (QED) is 0.807. The molecule has 1 unspecified atom stereocenters. The average molecular weight is 276 g/mol. The van der Waals surface area contributed by atoms with Crippen molar-refractivity contribution in [2.75, 3.05) is 26.3 Å². The minimum atomic E-state index is -0.454. The lowest BCUT2D eigenvalue weighted by Crippen LogP contribution is -2.55. The van der Waals surface area contributed by atoms with Gasteiger partial charge in [0, 0.05) is 18.7 Å². The molecule has 0 aliphatic carbocycles. The van der Waals surface area contributed by atoms with E-state index < -0.39 is 6.04 Å². The van der Waals surface area contributed by atoms with Crippen LogP contribution >= 0.6 is 0 Å². The van der Waals surface area contributed by atoms with E-state index in [1.54, 1.807) is 30.0 Å². The van der Waals surface area contributed by atoms with Crippen molar-refractivity contribution in [1.82, 2.24) is 10.2 Å². The van der Waals surface area contributed by atoms with Gasteiger partial charge in [0.2, 0.25) is 5.91 Å². The van der Waals surface area contributed by atoms with E-state index in [4.69, 9.17) is 9.47 Å². The van der Waals surface area contributed by atoms with Crippen LogP contribution in [-0.2, 0) is 4.79 Å². The first kappa shape index (κ1) is 12.8. The Balaban J connectivity index is 1.85. The van der Waals surface area contributed by atoms with E-state index in [9.17, 15) is 9.59 Å². The lowest BCUT2D eigenvalue weighted by Gasteiger charge is -2.33. The molecular formula is C14H16N2O4. The molecular weight excluding hydrogens is 260 g/mol. The van der Waals surface area contributed by atoms with Gasteiger partial charge in [-0.15, -0.1) is 0 Å². The van der Waals surface area contributed by atoms with Crippen molar-refractivity contribution >= 4 is 11.8 Å². The number of hydrogen-bond acceptors (Lipinski definition) is 4. The molecule has 6 nitrogen and oxygen atoms in total. The second-order valence-corrected chi connectivity index (χ2v) is 4.82. The van der Waals surface area contributed by atoms with Crippen LogP contribution in [0.1, 0.15) is 17.3 Å². The molecule has 1 fully saturated rings. The Labute approximate surface area is 116 Å². The van der Waals surface area contributed by atoms with Gasteiger partial charge in [-0.2, -0.15) is 0 Å². The van der Waals surface area contributed by atoms with Gasteiger partial charge in [0.15, 0.2) is 11.5 Å². The summed E-state index contributed by atoms with van der Waals surface area (Å²) in [5.74, 6) is 0.944. The van der Waals surface area contributed by atoms with Crippen LogP contribution in [0.3, 0.4) is 0 Å². The maximum Gasteiger partial charge on any atom is 0.254 e. The molecule has 1 N–H and O–H groups in total. The summed E-state index contributed by atoms with van der Waals surface area (Å²) in [7, 11) is 0. The van der Waals surface area contributed by atoms with Crippen LogP contribution < -0.4 is 14.8 Å². The first-order chi connectivity index (χ1) is 9.66. The van der Waals surface area contributed by atoms with Gasteiger partial charge in [0.1, 0.15) is 19.3 Å². The van der Waals surface area contributed by atoms with Gasteiger partial charge in [-0.1, -0.05) is 0 Å². The zero-order chi connectivity index (χ0) is 14.1. The third-order valence-electron chi connectivity index (χ3n) is 3.55. The van der Waals surface area contributed by atoms with E-state index in [1.165, 1.54) is 0 Å². The first-order valence-electron chi connectivity index (χ1n) is 6.65. The number of nitrogens with one attached hydrogen (secondary N) is 1. The summed E-state index contributed by atoms with van der Waals surface area (Å²) < 4.78 is 10.9. The maximum absolute atomic E-state index is 12.5. The molecule has 0 radical (unpaired) electrons. The fraction of sp³-hybridized carbons (Fsp3) is 0.429. The van der Waals surface area contributed by atoms with E-state index in [0.717, 1.165) is 0 Å². The Bertz CT molecular complexity index is 558. The molecule has 2 aliphatic heterocycles. The van der Waals surface area contributed by atoms with Gasteiger partial charge < -0.3 is 19.7 Å². The predicted molar refractivity (Wildman–Crippen MR) is 70.9 cm³/mol. The molecule has 2 heterocycles. The summed E-state index contributed by atoms with van der Waals surface area (Å²) in [5.41, 5.74) is 0.510. The molecule has 1 aromatic rings. The zero-order valence-corrected chi connectivity index (χ0v) is 11.2. The fourth-order valence-electron chi connectivity index (χ4n) is 2.40. The Morgan fingerprint density at radius 1 is 1.30 bits per heavy atom. The third-order valence-corrected chi connectivity index (χ3v) is 3.55. The molecule has 3 rings (SSSR count). The van der Waals surface area contributed by atoms with Gasteiger partial charge in [0.05, 0.1) is 0 Å². The lowest BCUT2D eigenvalue weighted by molar-refractivity contribution is -0.127. The SMILES string of the molecule is CC1C(=O)NCCN1C(=O)c1ccc2c(c1)OCCO2. The van der Waals surface area contributed by atoms with E-state index >= 15 is 0 Å². The summed E-state index contributed by atoms with van der Waals surface area (Å²) >= 11 is 0. The van der Waals surface area contributed by atoms with Crippen LogP contribution in [0.25, 0.3) is 0 Å². The minimum absolute atomic E-state index is 0.123. The second-order valence-electron chi connectivity index (χ2n) is 4.82. The smallest absolute Gasteiger partial charge is 0.254 e. The predicted octanol–water partition coefficient (Wildman–Crippen LogP) is 0.418. The van der Waals surface area contributed by atoms with Crippen LogP contribution in [0.2, 0.25) is 0 Å². The van der Waals surface area contributed by atoms with Crippen LogP contribution in [0.15, 0.2) is 18.2 Å². The van der Waals surface area contributed by atoms with Crippen molar-refractivity contribution in [2.45, 2.75) is 13.0 Å². The molecule has 0 bridgehead atoms. The standard InChI is InChI=1S/C14H16N2O4/c1-9-13(17)15-4-5-16(9)14(18)10-2-3-11-12(8-10)20-7-6-19-11/h2-3,8-9H,4-7H2,1H3,(H,15,17). The van der Waals surface area contributed by atoms with Crippen molar-refractivity contribution in [3.05, 3.63) is 23.8 Å². The topological polar surface area (TPSA) is 67.9 Å². The van der Waals surface area contributed by atoms with Crippen LogP contribution in [0, 0.1) is 0 Å². The Morgan fingerprint density at radius 3 is 2.85 bits per heavy atom. The van der Waals surface area contributed by atoms with Gasteiger partial charge in [-0.3, -0.25) is 9.59 Å². The first-order valence-corrected chi connectivity index (χ1v) is 6.65. The molecule has 2 amide bonds. The largest absolute Gasteiger partial charge is 0.486 e. The third kappa shape index (κ3) is 2.17. The summed E-state index contributed by atoms with van der Waals surface area (Å²) in [5, 5.41) is 2.74. The molecule has 0 aromatic heterocycles. The minimum Gasteiger partial charge on any atom is -0.486 e. The maximum atomic E-state index is 12.5. The summed E-state index contributed by atoms with van der Waals surface area (Å²) in [4.78, 5) is 25.7. The van der Waals surface area contributed by atoms with E-state index in [1.807, 2.05) is 0 Å². The monoisotopic (exact) mass is 276 g/mol. The normalized spacial score (nSPS) is 21.4. The van der Waals surface area contributed by atoms with Crippen molar-refractivity contribution in [1.29, 1.82) is 0 Å². The van der Waals surface area contributed by atoms with Crippen molar-refractivity contribution in [3.63, 3.8) is 0 Å². The highest BCUT2D eigenvalue weighted by Gasteiger charge is 2.30. The lowest BCUT2D eigenvalue weighted by atomic mass is 10.1. The number of nitrogens with zero attached hydrogens (tertiary/aromatic N) is 1. The fourth-order valence-corrected chi connectivity index (χ4v) is 2.40. The number of fused-ring (bicyclic) bond motifs is 1. The van der Waals surface area contributed by atoms with Gasteiger partial charge >= 0.3 is 0 Å². The van der Waals surface area contributed by atoms with Crippen LogP contribution in [-0.4, -0.2) is 49.1 Å². The number of carbonyl (C=O) groups is 2. The number of amides is 2. The molecule has 1 aromatic carbocycles. The molecule has 2 aliphatic rings. The van der Waals surface area contributed by atoms with E-state index in [0.29, 0.717) is 43.4 Å². The van der Waals surface area contributed by atoms with E-state index in [2.05, 4.69) is 5.32 Å². The number of benzene rings is 1. The number of piperazine rings is 1. The number of rotatable bonds is 1. The van der Waals surface area contributed by atoms with Gasteiger partial charge in [-0.05, 0) is 25.1 Å². The molecule has 106 valence electrons. The Kier molecular flexibility index (Phi) is 3.22. The Hall–Kier alpha value is -2.24. The van der Waals surface area contributed by atoms with Crippen molar-refractivity contribution in [2.24, 2.45) is 0 Å². The summed E-state index contributed by atoms with van der Waals surface area (Å²) in [6.45, 7) is 3.72. The number of hydrogen-bond donors (Lipinski definition) is 1. The molecule has 20 heavy (non-hydrogen) atoms. The van der Waals surface area contributed by atoms with Crippen molar-refractivity contribution < 1.29 is 19.1 Å². The highest BCUT2D eigenvalue weighted by molar-refractivity contribution is 5.98. The average Bonchev–Trinajstić information content (AvgIpc) is 2.49. The van der Waals surface area contributed by atoms with Crippen LogP contribution in [0.5, 0.6) is 11.5 Å². The van der Waals surface area contributed by atoms with Crippen LogP contribution in [0.4, 0.5) is 0 Å². The molecule has 0 saturated carbocycles. The molecule has 6 heteroatoms. The zero-order valence-electron chi connectivity index (χ0n) is 11.2. The van der Waals surface area contributed by atoms with Gasteiger partial charge in [0.25, 0.3) is 5.91 Å².